The normalized spacial score (nSPS) is 13.6. The van der Waals surface area contributed by atoms with E-state index in [0.717, 1.165) is 44.9 Å². The van der Waals surface area contributed by atoms with Gasteiger partial charge in [0.1, 0.15) is 6.04 Å². The van der Waals surface area contributed by atoms with Gasteiger partial charge in [-0.2, -0.15) is 0 Å². The number of nitrogens with zero attached hydrogens (tertiary/aromatic N) is 1. The standard InChI is InChI=1S/C36H54N4O5S2/c1-4-5-6-7-8-9-10-11-12-13-14-15-16-17-18-19-20-23-32(43)38-25-26-46-47-36(2,3)33(35(45)39-28-31(42)29-41)40-34(44)30-22-21-24-37-27-30/h5-6,8-9,11-12,14-15,17-18,21-22,24,27,31,33,41-42H,4,7,10,13,16,19-20,23,25-26,28-29H2,1-3H3,(H,38,43)(H,39,45)(H,40,44)/b6-5-,9-8-,12-11-,15-14-,18-17-/t31-,33-/m1/s1. The van der Waals surface area contributed by atoms with E-state index in [1.54, 1.807) is 18.3 Å². The molecule has 0 bridgehead atoms. The molecule has 11 heteroatoms. The van der Waals surface area contributed by atoms with Crippen LogP contribution in [0.2, 0.25) is 0 Å². The number of aliphatic hydroxyl groups excluding tert-OH is 2. The monoisotopic (exact) mass is 686 g/mol. The second-order valence-electron chi connectivity index (χ2n) is 11.2. The molecule has 0 saturated carbocycles. The summed E-state index contributed by atoms with van der Waals surface area (Å²) in [5, 5.41) is 27.1. The number of nitrogens with one attached hydrogen (secondary N) is 3. The third kappa shape index (κ3) is 21.4. The summed E-state index contributed by atoms with van der Waals surface area (Å²) in [4.78, 5) is 42.0. The average Bonchev–Trinajstić information content (AvgIpc) is 3.07. The van der Waals surface area contributed by atoms with Crippen molar-refractivity contribution >= 4 is 39.3 Å². The summed E-state index contributed by atoms with van der Waals surface area (Å²) in [6.45, 7) is 5.67. The van der Waals surface area contributed by atoms with Gasteiger partial charge in [0.2, 0.25) is 11.8 Å². The van der Waals surface area contributed by atoms with Crippen molar-refractivity contribution in [1.29, 1.82) is 0 Å². The Hall–Kier alpha value is -3.12. The SMILES string of the molecule is CC/C=C\C/C=C\C/C=C\C/C=C\C/C=C\CCCC(=O)NCCSSC(C)(C)[C@H](NC(=O)c1cccnc1)C(=O)NC[C@@H](O)CO. The van der Waals surface area contributed by atoms with E-state index in [1.165, 1.54) is 27.8 Å². The number of allylic oxidation sites excluding steroid dienone is 10. The second-order valence-corrected chi connectivity index (χ2v) is 14.3. The quantitative estimate of drug-likeness (QED) is 0.0491. The predicted octanol–water partition coefficient (Wildman–Crippen LogP) is 5.85. The van der Waals surface area contributed by atoms with Crippen LogP contribution in [0.4, 0.5) is 0 Å². The zero-order valence-corrected chi connectivity index (χ0v) is 29.7. The number of unbranched alkanes of at least 4 members (excludes halogenated alkanes) is 1. The van der Waals surface area contributed by atoms with Gasteiger partial charge in [0.15, 0.2) is 0 Å². The molecule has 3 amide bonds. The zero-order chi connectivity index (χ0) is 34.6. The van der Waals surface area contributed by atoms with Crippen molar-refractivity contribution in [3.8, 4) is 0 Å². The molecule has 47 heavy (non-hydrogen) atoms. The lowest BCUT2D eigenvalue weighted by Gasteiger charge is -2.33. The first-order valence-electron chi connectivity index (χ1n) is 16.3. The van der Waals surface area contributed by atoms with Gasteiger partial charge >= 0.3 is 0 Å². The van der Waals surface area contributed by atoms with Crippen LogP contribution < -0.4 is 16.0 Å². The van der Waals surface area contributed by atoms with E-state index in [-0.39, 0.29) is 12.5 Å². The lowest BCUT2D eigenvalue weighted by Crippen LogP contribution is -2.57. The molecule has 1 aromatic heterocycles. The molecule has 0 saturated heterocycles. The Morgan fingerprint density at radius 3 is 2.13 bits per heavy atom. The number of carbonyl (C=O) groups is 3. The Morgan fingerprint density at radius 2 is 1.55 bits per heavy atom. The van der Waals surface area contributed by atoms with Crippen LogP contribution >= 0.6 is 21.6 Å². The molecule has 0 spiro atoms. The van der Waals surface area contributed by atoms with Gasteiger partial charge in [-0.1, -0.05) is 89.3 Å². The molecule has 2 atom stereocenters. The number of aromatic nitrogens is 1. The smallest absolute Gasteiger partial charge is 0.253 e. The first kappa shape index (κ1) is 41.9. The Balaban J connectivity index is 2.31. The van der Waals surface area contributed by atoms with Crippen LogP contribution in [0, 0.1) is 0 Å². The van der Waals surface area contributed by atoms with Gasteiger partial charge in [0.05, 0.1) is 18.3 Å². The third-order valence-electron chi connectivity index (χ3n) is 6.59. The van der Waals surface area contributed by atoms with Gasteiger partial charge in [-0.3, -0.25) is 19.4 Å². The highest BCUT2D eigenvalue weighted by Gasteiger charge is 2.37. The molecule has 0 aromatic carbocycles. The lowest BCUT2D eigenvalue weighted by atomic mass is 10.0. The van der Waals surface area contributed by atoms with E-state index in [2.05, 4.69) is 88.6 Å². The van der Waals surface area contributed by atoms with E-state index in [4.69, 9.17) is 5.11 Å². The molecule has 0 unspecified atom stereocenters. The number of carbonyl (C=O) groups excluding carboxylic acids is 3. The fraction of sp³-hybridized carbons (Fsp3) is 0.500. The molecular weight excluding hydrogens is 633 g/mol. The van der Waals surface area contributed by atoms with E-state index in [0.29, 0.717) is 24.3 Å². The van der Waals surface area contributed by atoms with Crippen molar-refractivity contribution in [2.45, 2.75) is 89.0 Å². The van der Waals surface area contributed by atoms with Crippen molar-refractivity contribution in [2.75, 3.05) is 25.4 Å². The maximum absolute atomic E-state index is 13.0. The van der Waals surface area contributed by atoms with Gasteiger partial charge in [-0.15, -0.1) is 0 Å². The molecule has 0 fully saturated rings. The van der Waals surface area contributed by atoms with Gasteiger partial charge in [-0.05, 0) is 70.9 Å². The highest BCUT2D eigenvalue weighted by atomic mass is 33.1. The van der Waals surface area contributed by atoms with Crippen LogP contribution in [-0.4, -0.2) is 75.3 Å². The number of amides is 3. The Bertz CT molecular complexity index is 1170. The Morgan fingerprint density at radius 1 is 0.936 bits per heavy atom. The largest absolute Gasteiger partial charge is 0.394 e. The molecule has 9 nitrogen and oxygen atoms in total. The topological polar surface area (TPSA) is 141 Å². The van der Waals surface area contributed by atoms with Crippen molar-refractivity contribution < 1.29 is 24.6 Å². The summed E-state index contributed by atoms with van der Waals surface area (Å²) in [5.41, 5.74) is 0.318. The first-order valence-corrected chi connectivity index (χ1v) is 18.6. The fourth-order valence-electron chi connectivity index (χ4n) is 3.96. The Kier molecular flexibility index (Phi) is 24.0. The molecule has 1 aromatic rings. The highest BCUT2D eigenvalue weighted by Crippen LogP contribution is 2.38. The lowest BCUT2D eigenvalue weighted by molar-refractivity contribution is -0.124. The third-order valence-corrected chi connectivity index (χ3v) is 9.89. The molecule has 1 heterocycles. The summed E-state index contributed by atoms with van der Waals surface area (Å²) in [6, 6.07) is 2.30. The van der Waals surface area contributed by atoms with Crippen LogP contribution in [0.5, 0.6) is 0 Å². The average molecular weight is 687 g/mol. The maximum Gasteiger partial charge on any atom is 0.253 e. The number of aliphatic hydroxyl groups is 2. The first-order chi connectivity index (χ1) is 22.7. The fourth-order valence-corrected chi connectivity index (χ4v) is 6.50. The van der Waals surface area contributed by atoms with Crippen molar-refractivity contribution in [3.63, 3.8) is 0 Å². The number of rotatable bonds is 25. The maximum atomic E-state index is 13.0. The summed E-state index contributed by atoms with van der Waals surface area (Å²) >= 11 is 0. The van der Waals surface area contributed by atoms with E-state index in [1.807, 2.05) is 13.8 Å². The van der Waals surface area contributed by atoms with Crippen LogP contribution in [-0.2, 0) is 9.59 Å². The summed E-state index contributed by atoms with van der Waals surface area (Å²) in [7, 11) is 2.92. The van der Waals surface area contributed by atoms with Crippen LogP contribution in [0.25, 0.3) is 0 Å². The molecule has 0 radical (unpaired) electrons. The molecule has 1 rings (SSSR count). The summed E-state index contributed by atoms with van der Waals surface area (Å²) in [5.74, 6) is -0.307. The van der Waals surface area contributed by atoms with Gasteiger partial charge < -0.3 is 26.2 Å². The zero-order valence-electron chi connectivity index (χ0n) is 28.1. The van der Waals surface area contributed by atoms with Gasteiger partial charge in [-0.25, -0.2) is 0 Å². The molecule has 0 aliphatic carbocycles. The van der Waals surface area contributed by atoms with Crippen molar-refractivity contribution in [2.24, 2.45) is 0 Å². The minimum absolute atomic E-state index is 0.00522. The van der Waals surface area contributed by atoms with E-state index >= 15 is 0 Å². The van der Waals surface area contributed by atoms with Crippen molar-refractivity contribution in [3.05, 3.63) is 90.9 Å². The van der Waals surface area contributed by atoms with E-state index < -0.39 is 35.3 Å². The molecule has 260 valence electrons. The minimum atomic E-state index is -1.10. The van der Waals surface area contributed by atoms with Crippen LogP contribution in [0.3, 0.4) is 0 Å². The number of pyridine rings is 1. The highest BCUT2D eigenvalue weighted by molar-refractivity contribution is 8.77. The number of hydrogen-bond acceptors (Lipinski definition) is 8. The summed E-state index contributed by atoms with van der Waals surface area (Å²) < 4.78 is -0.748. The van der Waals surface area contributed by atoms with Gasteiger partial charge in [0.25, 0.3) is 5.91 Å². The second kappa shape index (κ2) is 26.9. The van der Waals surface area contributed by atoms with Gasteiger partial charge in [0, 0.05) is 42.4 Å². The molecular formula is C36H54N4O5S2. The Labute approximate surface area is 289 Å². The molecule has 0 aliphatic heterocycles. The molecule has 5 N–H and O–H groups in total. The molecule has 0 aliphatic rings. The van der Waals surface area contributed by atoms with E-state index in [9.17, 15) is 19.5 Å². The summed E-state index contributed by atoms with van der Waals surface area (Å²) in [6.07, 6.45) is 30.5. The van der Waals surface area contributed by atoms with Crippen molar-refractivity contribution in [1.82, 2.24) is 20.9 Å². The minimum Gasteiger partial charge on any atom is -0.394 e. The van der Waals surface area contributed by atoms with Crippen LogP contribution in [0.1, 0.15) is 82.5 Å². The van der Waals surface area contributed by atoms with Crippen LogP contribution in [0.15, 0.2) is 85.3 Å². The predicted molar refractivity (Wildman–Crippen MR) is 197 cm³/mol. The number of hydrogen-bond donors (Lipinski definition) is 5.